The van der Waals surface area contributed by atoms with Gasteiger partial charge in [0.1, 0.15) is 18.3 Å². The molecule has 7 atom stereocenters. The Balaban J connectivity index is 2.16. The minimum Gasteiger partial charge on any atom is -0.388 e. The average molecular weight is 369 g/mol. The largest absolute Gasteiger partial charge is 0.388 e. The summed E-state index contributed by atoms with van der Waals surface area (Å²) in [5.74, 6) is 0.326. The van der Waals surface area contributed by atoms with Crippen molar-refractivity contribution in [1.29, 1.82) is 0 Å². The molecule has 5 nitrogen and oxygen atoms in total. The zero-order chi connectivity index (χ0) is 19.5. The Morgan fingerprint density at radius 1 is 1.27 bits per heavy atom. The topological polar surface area (TPSA) is 79.2 Å². The van der Waals surface area contributed by atoms with Gasteiger partial charge in [-0.3, -0.25) is 0 Å². The molecule has 150 valence electrons. The van der Waals surface area contributed by atoms with Crippen molar-refractivity contribution in [1.82, 2.24) is 0 Å². The first-order valence-corrected chi connectivity index (χ1v) is 9.80. The van der Waals surface area contributed by atoms with E-state index < -0.39 is 36.3 Å². The predicted octanol–water partition coefficient (Wildman–Crippen LogP) is 3.08. The number of hydrogen-bond donors (Lipinski definition) is 3. The van der Waals surface area contributed by atoms with Crippen molar-refractivity contribution < 1.29 is 24.8 Å². The van der Waals surface area contributed by atoms with E-state index in [1.54, 1.807) is 6.92 Å². The molecule has 0 saturated carbocycles. The van der Waals surface area contributed by atoms with E-state index >= 15 is 0 Å². The third kappa shape index (κ3) is 5.17. The van der Waals surface area contributed by atoms with Crippen LogP contribution in [-0.4, -0.2) is 51.6 Å². The van der Waals surface area contributed by atoms with Gasteiger partial charge in [-0.05, 0) is 72.6 Å². The Hall–Kier alpha value is -0.720. The van der Waals surface area contributed by atoms with E-state index in [0.29, 0.717) is 5.92 Å². The lowest BCUT2D eigenvalue weighted by molar-refractivity contribution is -0.325. The van der Waals surface area contributed by atoms with Gasteiger partial charge < -0.3 is 24.8 Å². The van der Waals surface area contributed by atoms with E-state index in [-0.39, 0.29) is 0 Å². The van der Waals surface area contributed by atoms with Crippen LogP contribution < -0.4 is 0 Å². The van der Waals surface area contributed by atoms with Crippen LogP contribution in [-0.2, 0) is 9.47 Å². The zero-order valence-corrected chi connectivity index (χ0v) is 16.8. The number of aliphatic hydroxyl groups excluding tert-OH is 3. The van der Waals surface area contributed by atoms with Gasteiger partial charge in [-0.15, -0.1) is 0 Å². The first-order chi connectivity index (χ1) is 12.1. The Morgan fingerprint density at radius 3 is 2.54 bits per heavy atom. The van der Waals surface area contributed by atoms with E-state index in [0.717, 1.165) is 32.1 Å². The van der Waals surface area contributed by atoms with Gasteiger partial charge in [-0.2, -0.15) is 0 Å². The van der Waals surface area contributed by atoms with Gasteiger partial charge in [0, 0.05) is 0 Å². The Bertz CT molecular complexity index is 524. The second-order valence-corrected chi connectivity index (χ2v) is 8.45. The second-order valence-electron chi connectivity index (χ2n) is 8.45. The van der Waals surface area contributed by atoms with Crippen molar-refractivity contribution in [3.8, 4) is 0 Å². The maximum absolute atomic E-state index is 10.4. The second kappa shape index (κ2) is 8.98. The number of allylic oxidation sites excluding steroid dienone is 4. The van der Waals surface area contributed by atoms with Gasteiger partial charge in [0.15, 0.2) is 6.29 Å². The van der Waals surface area contributed by atoms with E-state index in [1.807, 2.05) is 0 Å². The van der Waals surface area contributed by atoms with Gasteiger partial charge in [0.05, 0.1) is 11.7 Å². The summed E-state index contributed by atoms with van der Waals surface area (Å²) in [4.78, 5) is 0. The zero-order valence-electron chi connectivity index (χ0n) is 16.8. The number of hydrogen-bond acceptors (Lipinski definition) is 5. The molecule has 3 N–H and O–H groups in total. The van der Waals surface area contributed by atoms with Crippen LogP contribution in [0.5, 0.6) is 0 Å². The molecule has 0 spiro atoms. The van der Waals surface area contributed by atoms with Gasteiger partial charge in [0.2, 0.25) is 0 Å². The van der Waals surface area contributed by atoms with Crippen LogP contribution in [0.3, 0.4) is 0 Å². The molecule has 0 aromatic rings. The molecule has 1 aliphatic heterocycles. The van der Waals surface area contributed by atoms with Gasteiger partial charge in [-0.25, -0.2) is 0 Å². The summed E-state index contributed by atoms with van der Waals surface area (Å²) < 4.78 is 12.0. The molecule has 0 bridgehead atoms. The summed E-state index contributed by atoms with van der Waals surface area (Å²) in [7, 11) is 0. The molecule has 0 radical (unpaired) electrons. The highest BCUT2D eigenvalue weighted by atomic mass is 16.7. The summed E-state index contributed by atoms with van der Waals surface area (Å²) in [6.45, 7) is 10.1. The summed E-state index contributed by atoms with van der Waals surface area (Å²) in [6, 6.07) is 0. The average Bonchev–Trinajstić information content (AvgIpc) is 2.58. The van der Waals surface area contributed by atoms with E-state index in [2.05, 4.69) is 39.8 Å². The monoisotopic (exact) mass is 368 g/mol. The van der Waals surface area contributed by atoms with Crippen molar-refractivity contribution in [2.75, 3.05) is 0 Å². The molecule has 0 unspecified atom stereocenters. The fourth-order valence-electron chi connectivity index (χ4n) is 3.90. The summed E-state index contributed by atoms with van der Waals surface area (Å²) in [5.41, 5.74) is 2.21. The standard InChI is InChI=1S/C21H36O5/c1-13(2)7-6-12-21(5,16-10-8-14(3)9-11-16)26-20-19(24)18(23)17(22)15(4)25-20/h7-8,15-20,22-24H,6,9-12H2,1-5H3/t15-,16-,17-,18+,19+,20-,21-/m0/s1. The van der Waals surface area contributed by atoms with Crippen LogP contribution in [0.25, 0.3) is 0 Å². The van der Waals surface area contributed by atoms with Gasteiger partial charge >= 0.3 is 0 Å². The summed E-state index contributed by atoms with van der Waals surface area (Å²) >= 11 is 0. The summed E-state index contributed by atoms with van der Waals surface area (Å²) in [5, 5.41) is 30.4. The van der Waals surface area contributed by atoms with Crippen molar-refractivity contribution in [3.05, 3.63) is 23.3 Å². The minimum absolute atomic E-state index is 0.326. The molecule has 1 saturated heterocycles. The van der Waals surface area contributed by atoms with Gasteiger partial charge in [0.25, 0.3) is 0 Å². The van der Waals surface area contributed by atoms with Crippen molar-refractivity contribution in [2.24, 2.45) is 5.92 Å². The van der Waals surface area contributed by atoms with Crippen molar-refractivity contribution in [3.63, 3.8) is 0 Å². The lowest BCUT2D eigenvalue weighted by Gasteiger charge is -2.46. The fraction of sp³-hybridized carbons (Fsp3) is 0.810. The molecule has 0 aromatic carbocycles. The SMILES string of the molecule is CC(C)=CCC[C@](C)(O[C@@H]1O[C@@H](C)[C@H](O)[C@@H](O)[C@H]1O)[C@H]1CC=C(C)CC1. The maximum Gasteiger partial charge on any atom is 0.187 e. The molecule has 2 aliphatic rings. The Kier molecular flexibility index (Phi) is 7.45. The highest BCUT2D eigenvalue weighted by molar-refractivity contribution is 5.07. The van der Waals surface area contributed by atoms with E-state index in [9.17, 15) is 15.3 Å². The highest BCUT2D eigenvalue weighted by Gasteiger charge is 2.46. The van der Waals surface area contributed by atoms with Crippen LogP contribution in [0, 0.1) is 5.92 Å². The first kappa shape index (κ1) is 21.6. The molecule has 5 heteroatoms. The van der Waals surface area contributed by atoms with Crippen LogP contribution in [0.1, 0.15) is 66.7 Å². The molecule has 1 fully saturated rings. The fourth-order valence-corrected chi connectivity index (χ4v) is 3.90. The molecule has 26 heavy (non-hydrogen) atoms. The lowest BCUT2D eigenvalue weighted by atomic mass is 9.76. The van der Waals surface area contributed by atoms with Crippen molar-refractivity contribution >= 4 is 0 Å². The number of ether oxygens (including phenoxy) is 2. The number of rotatable bonds is 6. The molecular weight excluding hydrogens is 332 g/mol. The lowest BCUT2D eigenvalue weighted by Crippen LogP contribution is -2.59. The maximum atomic E-state index is 10.4. The Labute approximate surface area is 157 Å². The first-order valence-electron chi connectivity index (χ1n) is 9.80. The summed E-state index contributed by atoms with van der Waals surface area (Å²) in [6.07, 6.45) is 4.06. The van der Waals surface area contributed by atoms with Crippen LogP contribution in [0.15, 0.2) is 23.3 Å². The molecule has 1 heterocycles. The third-order valence-electron chi connectivity index (χ3n) is 5.89. The third-order valence-corrected chi connectivity index (χ3v) is 5.89. The van der Waals surface area contributed by atoms with Crippen LogP contribution in [0.2, 0.25) is 0 Å². The Morgan fingerprint density at radius 2 is 1.96 bits per heavy atom. The van der Waals surface area contributed by atoms with E-state index in [1.165, 1.54) is 11.1 Å². The smallest absolute Gasteiger partial charge is 0.187 e. The van der Waals surface area contributed by atoms with Crippen LogP contribution >= 0.6 is 0 Å². The molecule has 0 amide bonds. The highest BCUT2D eigenvalue weighted by Crippen LogP contribution is 2.40. The number of aliphatic hydroxyl groups is 3. The van der Waals surface area contributed by atoms with Crippen molar-refractivity contribution in [2.45, 2.75) is 103 Å². The molecule has 0 aromatic heterocycles. The predicted molar refractivity (Wildman–Crippen MR) is 102 cm³/mol. The molecular formula is C21H36O5. The van der Waals surface area contributed by atoms with Gasteiger partial charge in [-0.1, -0.05) is 23.3 Å². The molecule has 2 rings (SSSR count). The molecule has 1 aliphatic carbocycles. The quantitative estimate of drug-likeness (QED) is 0.628. The minimum atomic E-state index is -1.26. The van der Waals surface area contributed by atoms with E-state index in [4.69, 9.17) is 9.47 Å². The normalized spacial score (nSPS) is 37.6. The van der Waals surface area contributed by atoms with Crippen LogP contribution in [0.4, 0.5) is 0 Å².